The number of carbonyl (C=O) groups is 2. The van der Waals surface area contributed by atoms with Crippen molar-refractivity contribution in [2.24, 2.45) is 5.92 Å². The second kappa shape index (κ2) is 7.15. The Morgan fingerprint density at radius 1 is 1.48 bits per heavy atom. The molecule has 3 atom stereocenters. The van der Waals surface area contributed by atoms with Crippen molar-refractivity contribution in [2.45, 2.75) is 51.1 Å². The van der Waals surface area contributed by atoms with Crippen LogP contribution in [0.3, 0.4) is 0 Å². The Bertz CT molecular complexity index is 472. The Hall–Kier alpha value is -1.98. The summed E-state index contributed by atoms with van der Waals surface area (Å²) in [6.45, 7) is 1.94. The van der Waals surface area contributed by atoms with Crippen LogP contribution in [-0.4, -0.2) is 29.2 Å². The third-order valence-corrected chi connectivity index (χ3v) is 3.90. The van der Waals surface area contributed by atoms with Gasteiger partial charge in [0.25, 0.3) is 0 Å². The highest BCUT2D eigenvalue weighted by Crippen LogP contribution is 2.25. The number of hydrogen-bond donors (Lipinski definition) is 3. The molecule has 6 heteroatoms. The number of rotatable bonds is 6. The van der Waals surface area contributed by atoms with E-state index in [9.17, 15) is 9.59 Å². The smallest absolute Gasteiger partial charge is 0.315 e. The van der Waals surface area contributed by atoms with Crippen LogP contribution in [0.25, 0.3) is 0 Å². The van der Waals surface area contributed by atoms with E-state index in [4.69, 9.17) is 9.52 Å². The van der Waals surface area contributed by atoms with E-state index < -0.39 is 5.97 Å². The molecular formula is C15H22N2O4. The van der Waals surface area contributed by atoms with Crippen LogP contribution < -0.4 is 10.6 Å². The summed E-state index contributed by atoms with van der Waals surface area (Å²) in [4.78, 5) is 22.7. The summed E-state index contributed by atoms with van der Waals surface area (Å²) in [5.74, 6) is -0.192. The van der Waals surface area contributed by atoms with E-state index in [1.807, 2.05) is 19.1 Å². The SMILES string of the molecule is CC(CCc1ccco1)NC(=O)NC1CCC(C(=O)O)C1. The highest BCUT2D eigenvalue weighted by atomic mass is 16.4. The van der Waals surface area contributed by atoms with Gasteiger partial charge in [0, 0.05) is 18.5 Å². The number of furan rings is 1. The van der Waals surface area contributed by atoms with Crippen molar-refractivity contribution in [3.8, 4) is 0 Å². The molecule has 2 amide bonds. The number of urea groups is 1. The van der Waals surface area contributed by atoms with E-state index in [1.54, 1.807) is 6.26 Å². The van der Waals surface area contributed by atoms with Gasteiger partial charge in [-0.05, 0) is 44.7 Å². The van der Waals surface area contributed by atoms with Gasteiger partial charge in [-0.1, -0.05) is 0 Å². The molecule has 1 heterocycles. The van der Waals surface area contributed by atoms with Crippen molar-refractivity contribution < 1.29 is 19.1 Å². The molecule has 6 nitrogen and oxygen atoms in total. The molecule has 1 aromatic heterocycles. The molecule has 0 spiro atoms. The number of amides is 2. The number of hydrogen-bond acceptors (Lipinski definition) is 3. The van der Waals surface area contributed by atoms with Gasteiger partial charge >= 0.3 is 12.0 Å². The zero-order chi connectivity index (χ0) is 15.2. The quantitative estimate of drug-likeness (QED) is 0.749. The lowest BCUT2D eigenvalue weighted by atomic mass is 10.1. The minimum Gasteiger partial charge on any atom is -0.481 e. The Kier molecular flexibility index (Phi) is 5.25. The van der Waals surface area contributed by atoms with Crippen molar-refractivity contribution in [3.05, 3.63) is 24.2 Å². The first-order valence-corrected chi connectivity index (χ1v) is 7.37. The van der Waals surface area contributed by atoms with Gasteiger partial charge in [0.2, 0.25) is 0 Å². The van der Waals surface area contributed by atoms with Crippen LogP contribution in [0.5, 0.6) is 0 Å². The van der Waals surface area contributed by atoms with Crippen molar-refractivity contribution in [1.29, 1.82) is 0 Å². The van der Waals surface area contributed by atoms with Gasteiger partial charge < -0.3 is 20.2 Å². The minimum absolute atomic E-state index is 0.0340. The standard InChI is InChI=1S/C15H22N2O4/c1-10(4-7-13-3-2-8-21-13)16-15(20)17-12-6-5-11(9-12)14(18)19/h2-3,8,10-12H,4-7,9H2,1H3,(H,18,19)(H2,16,17,20). The third-order valence-electron chi connectivity index (χ3n) is 3.90. The lowest BCUT2D eigenvalue weighted by Gasteiger charge is -2.17. The number of aliphatic carboxylic acids is 1. The van der Waals surface area contributed by atoms with Gasteiger partial charge in [-0.3, -0.25) is 4.79 Å². The normalized spacial score (nSPS) is 22.7. The summed E-state index contributed by atoms with van der Waals surface area (Å²) in [5, 5.41) is 14.7. The van der Waals surface area contributed by atoms with Crippen LogP contribution in [0.1, 0.15) is 38.4 Å². The highest BCUT2D eigenvalue weighted by molar-refractivity contribution is 5.75. The largest absolute Gasteiger partial charge is 0.481 e. The molecule has 3 N–H and O–H groups in total. The van der Waals surface area contributed by atoms with E-state index in [2.05, 4.69) is 10.6 Å². The maximum Gasteiger partial charge on any atom is 0.315 e. The minimum atomic E-state index is -0.772. The average Bonchev–Trinajstić information content (AvgIpc) is 3.06. The molecule has 0 radical (unpaired) electrons. The molecule has 1 fully saturated rings. The number of aryl methyl sites for hydroxylation is 1. The van der Waals surface area contributed by atoms with Gasteiger partial charge in [0.15, 0.2) is 0 Å². The number of carboxylic acids is 1. The van der Waals surface area contributed by atoms with Crippen LogP contribution in [0.4, 0.5) is 4.79 Å². The maximum atomic E-state index is 11.9. The fraction of sp³-hybridized carbons (Fsp3) is 0.600. The average molecular weight is 294 g/mol. The molecule has 1 aromatic rings. The summed E-state index contributed by atoms with van der Waals surface area (Å²) in [6.07, 6.45) is 5.09. The van der Waals surface area contributed by atoms with Crippen molar-refractivity contribution >= 4 is 12.0 Å². The fourth-order valence-corrected chi connectivity index (χ4v) is 2.67. The van der Waals surface area contributed by atoms with Gasteiger partial charge in [-0.2, -0.15) is 0 Å². The van der Waals surface area contributed by atoms with Gasteiger partial charge in [0.05, 0.1) is 12.2 Å². The van der Waals surface area contributed by atoms with Crippen molar-refractivity contribution in [3.63, 3.8) is 0 Å². The fourth-order valence-electron chi connectivity index (χ4n) is 2.67. The Morgan fingerprint density at radius 2 is 2.29 bits per heavy atom. The highest BCUT2D eigenvalue weighted by Gasteiger charge is 2.30. The molecule has 0 aromatic carbocycles. The van der Waals surface area contributed by atoms with E-state index >= 15 is 0 Å². The molecule has 1 aliphatic carbocycles. The second-order valence-electron chi connectivity index (χ2n) is 5.68. The molecule has 21 heavy (non-hydrogen) atoms. The second-order valence-corrected chi connectivity index (χ2v) is 5.68. The zero-order valence-corrected chi connectivity index (χ0v) is 12.2. The van der Waals surface area contributed by atoms with E-state index in [1.165, 1.54) is 0 Å². The van der Waals surface area contributed by atoms with E-state index in [0.717, 1.165) is 25.0 Å². The summed E-state index contributed by atoms with van der Waals surface area (Å²) in [7, 11) is 0. The topological polar surface area (TPSA) is 91.6 Å². The molecule has 0 saturated heterocycles. The summed E-state index contributed by atoms with van der Waals surface area (Å²) in [6, 6.07) is 3.53. The zero-order valence-electron chi connectivity index (χ0n) is 12.2. The van der Waals surface area contributed by atoms with E-state index in [-0.39, 0.29) is 24.0 Å². The molecule has 1 saturated carbocycles. The Labute approximate surface area is 123 Å². The van der Waals surface area contributed by atoms with Crippen molar-refractivity contribution in [2.75, 3.05) is 0 Å². The molecule has 3 unspecified atom stereocenters. The number of carbonyl (C=O) groups excluding carboxylic acids is 1. The maximum absolute atomic E-state index is 11.9. The van der Waals surface area contributed by atoms with Crippen LogP contribution in [0.2, 0.25) is 0 Å². The van der Waals surface area contributed by atoms with Crippen molar-refractivity contribution in [1.82, 2.24) is 10.6 Å². The van der Waals surface area contributed by atoms with Gasteiger partial charge in [-0.25, -0.2) is 4.79 Å². The Morgan fingerprint density at radius 3 is 2.90 bits per heavy atom. The molecule has 0 aliphatic heterocycles. The Balaban J connectivity index is 1.66. The number of carboxylic acid groups (broad SMARTS) is 1. The summed E-state index contributed by atoms with van der Waals surface area (Å²) < 4.78 is 5.25. The molecule has 2 rings (SSSR count). The monoisotopic (exact) mass is 294 g/mol. The lowest BCUT2D eigenvalue weighted by molar-refractivity contribution is -0.141. The lowest BCUT2D eigenvalue weighted by Crippen LogP contribution is -2.44. The molecule has 1 aliphatic rings. The molecule has 116 valence electrons. The summed E-state index contributed by atoms with van der Waals surface area (Å²) in [5.41, 5.74) is 0. The first-order chi connectivity index (χ1) is 10.0. The van der Waals surface area contributed by atoms with Crippen LogP contribution in [0, 0.1) is 5.92 Å². The van der Waals surface area contributed by atoms with Gasteiger partial charge in [-0.15, -0.1) is 0 Å². The molecular weight excluding hydrogens is 272 g/mol. The van der Waals surface area contributed by atoms with Gasteiger partial charge in [0.1, 0.15) is 5.76 Å². The predicted octanol–water partition coefficient (Wildman–Crippen LogP) is 2.15. The first kappa shape index (κ1) is 15.4. The predicted molar refractivity (Wildman–Crippen MR) is 76.9 cm³/mol. The van der Waals surface area contributed by atoms with E-state index in [0.29, 0.717) is 12.8 Å². The first-order valence-electron chi connectivity index (χ1n) is 7.37. The van der Waals surface area contributed by atoms with Crippen LogP contribution >= 0.6 is 0 Å². The van der Waals surface area contributed by atoms with Crippen LogP contribution in [-0.2, 0) is 11.2 Å². The third kappa shape index (κ3) is 4.81. The molecule has 0 bridgehead atoms. The number of nitrogens with one attached hydrogen (secondary N) is 2. The summed E-state index contributed by atoms with van der Waals surface area (Å²) >= 11 is 0. The van der Waals surface area contributed by atoms with Crippen LogP contribution in [0.15, 0.2) is 22.8 Å².